The first-order valence-electron chi connectivity index (χ1n) is 22.9. The van der Waals surface area contributed by atoms with E-state index in [1.54, 1.807) is 7.11 Å². The van der Waals surface area contributed by atoms with Gasteiger partial charge in [0.1, 0.15) is 17.3 Å². The number of aliphatic hydroxyl groups is 3. The minimum atomic E-state index is -2.38. The van der Waals surface area contributed by atoms with E-state index in [2.05, 4.69) is 44.4 Å². The van der Waals surface area contributed by atoms with E-state index in [0.29, 0.717) is 95.0 Å². The maximum absolute atomic E-state index is 15.4. The van der Waals surface area contributed by atoms with Crippen LogP contribution < -0.4 is 15.0 Å². The van der Waals surface area contributed by atoms with Crippen molar-refractivity contribution >= 4 is 36.8 Å². The Bertz CT molecular complexity index is 2300. The molecule has 62 heavy (non-hydrogen) atoms. The summed E-state index contributed by atoms with van der Waals surface area (Å²) >= 11 is 0. The average molecular weight is 870 g/mol. The number of aliphatic hydroxyl groups excluding tert-OH is 1. The molecule has 1 amide bonds. The second-order valence-electron chi connectivity index (χ2n) is 20.3. The molecule has 5 aliphatic heterocycles. The number of piperidine rings is 1. The molecule has 1 aliphatic carbocycles. The van der Waals surface area contributed by atoms with Gasteiger partial charge in [0, 0.05) is 90.6 Å². The fraction of sp³-hybridized carbons (Fsp3) is 0.625. The summed E-state index contributed by atoms with van der Waals surface area (Å²) in [7, 11) is 2.58. The molecule has 6 aliphatic rings. The SMILES string of the molecule is CC[C@]1(O)C[C@H]2CN(CCc3c([nH]c4ccccc34)[C@@](C(=O)OC)(c3cc4c(cc3OC)N(C)[C@H]3[C@@](O)(C(=O)NCCC[Si](C)(C)O)[C@H](O)[C@]5(CC)C=CCN6CC[C@]43[C@@H]65)C2)C1. The zero-order valence-electron chi connectivity index (χ0n) is 37.6. The summed E-state index contributed by atoms with van der Waals surface area (Å²) in [6, 6.07) is 11.7. The van der Waals surface area contributed by atoms with Crippen LogP contribution in [0.25, 0.3) is 10.9 Å². The van der Waals surface area contributed by atoms with Crippen molar-refractivity contribution in [2.24, 2.45) is 11.3 Å². The van der Waals surface area contributed by atoms with E-state index in [1.807, 2.05) is 63.2 Å². The van der Waals surface area contributed by atoms with Crippen molar-refractivity contribution in [3.63, 3.8) is 0 Å². The number of ether oxygens (including phenoxy) is 2. The number of para-hydroxylation sites is 1. The highest BCUT2D eigenvalue weighted by Crippen LogP contribution is 2.67. The molecule has 2 saturated heterocycles. The van der Waals surface area contributed by atoms with Crippen LogP contribution in [0.2, 0.25) is 19.1 Å². The summed E-state index contributed by atoms with van der Waals surface area (Å²) in [4.78, 5) is 51.3. The Morgan fingerprint density at radius 1 is 1.03 bits per heavy atom. The van der Waals surface area contributed by atoms with Crippen molar-refractivity contribution in [2.45, 2.75) is 118 Å². The fourth-order valence-electron chi connectivity index (χ4n) is 13.9. The van der Waals surface area contributed by atoms with Gasteiger partial charge in [-0.3, -0.25) is 19.4 Å². The van der Waals surface area contributed by atoms with Crippen molar-refractivity contribution in [1.82, 2.24) is 20.1 Å². The van der Waals surface area contributed by atoms with Crippen LogP contribution in [0.1, 0.15) is 74.8 Å². The Morgan fingerprint density at radius 2 is 1.81 bits per heavy atom. The van der Waals surface area contributed by atoms with Gasteiger partial charge in [0.15, 0.2) is 13.9 Å². The molecule has 2 bridgehead atoms. The van der Waals surface area contributed by atoms with Crippen molar-refractivity contribution in [2.75, 3.05) is 65.4 Å². The molecule has 1 aromatic heterocycles. The van der Waals surface area contributed by atoms with Crippen molar-refractivity contribution < 1.29 is 39.2 Å². The van der Waals surface area contributed by atoms with Gasteiger partial charge in [0.25, 0.3) is 5.91 Å². The molecule has 3 aromatic rings. The highest BCUT2D eigenvalue weighted by Gasteiger charge is 2.78. The molecule has 1 spiro atoms. The Kier molecular flexibility index (Phi) is 10.6. The number of carbonyl (C=O) groups excluding carboxylic acids is 2. The van der Waals surface area contributed by atoms with Crippen LogP contribution in [-0.2, 0) is 31.6 Å². The van der Waals surface area contributed by atoms with Crippen molar-refractivity contribution in [3.05, 3.63) is 70.9 Å². The lowest BCUT2D eigenvalue weighted by Gasteiger charge is -2.63. The van der Waals surface area contributed by atoms with Gasteiger partial charge in [-0.05, 0) is 99.8 Å². The first-order chi connectivity index (χ1) is 29.5. The molecule has 13 nitrogen and oxygen atoms in total. The molecule has 1 saturated carbocycles. The number of H-pyrrole nitrogens is 1. The summed E-state index contributed by atoms with van der Waals surface area (Å²) in [5, 5.41) is 42.2. The number of amides is 1. The number of nitrogens with zero attached hydrogens (tertiary/aromatic N) is 3. The number of benzene rings is 2. The molecule has 10 atom stereocenters. The van der Waals surface area contributed by atoms with Gasteiger partial charge in [-0.25, -0.2) is 0 Å². The molecule has 336 valence electrons. The number of nitrogens with one attached hydrogen (secondary N) is 2. The molecule has 6 N–H and O–H groups in total. The second-order valence-corrected chi connectivity index (χ2v) is 24.4. The molecule has 2 aromatic carbocycles. The Labute approximate surface area is 366 Å². The second kappa shape index (κ2) is 15.2. The third kappa shape index (κ3) is 6.06. The number of hydrogen-bond acceptors (Lipinski definition) is 11. The number of carbonyl (C=O) groups is 2. The number of likely N-dealkylation sites (N-methyl/N-ethyl adjacent to an activating group) is 1. The predicted molar refractivity (Wildman–Crippen MR) is 241 cm³/mol. The monoisotopic (exact) mass is 869 g/mol. The van der Waals surface area contributed by atoms with Gasteiger partial charge >= 0.3 is 5.97 Å². The summed E-state index contributed by atoms with van der Waals surface area (Å²) < 4.78 is 12.4. The number of esters is 1. The average Bonchev–Trinajstić information content (AvgIpc) is 3.91. The normalized spacial score (nSPS) is 36.2. The minimum Gasteiger partial charge on any atom is -0.496 e. The molecule has 9 rings (SSSR count). The van der Waals surface area contributed by atoms with E-state index in [4.69, 9.17) is 9.47 Å². The number of hydrogen-bond donors (Lipinski definition) is 6. The van der Waals surface area contributed by atoms with Crippen LogP contribution in [0.4, 0.5) is 5.69 Å². The van der Waals surface area contributed by atoms with Gasteiger partial charge in [-0.2, -0.15) is 0 Å². The number of aromatic amines is 1. The lowest BCUT2D eigenvalue weighted by Crippen LogP contribution is -2.81. The van der Waals surface area contributed by atoms with Crippen molar-refractivity contribution in [3.8, 4) is 5.75 Å². The number of aromatic nitrogens is 1. The molecule has 0 radical (unpaired) electrons. The predicted octanol–water partition coefficient (Wildman–Crippen LogP) is 3.95. The topological polar surface area (TPSA) is 171 Å². The molecule has 3 fully saturated rings. The Morgan fingerprint density at radius 3 is 2.52 bits per heavy atom. The Hall–Kier alpha value is -3.76. The van der Waals surface area contributed by atoms with Gasteiger partial charge in [0.2, 0.25) is 0 Å². The Balaban J connectivity index is 1.29. The molecular weight excluding hydrogens is 803 g/mol. The summed E-state index contributed by atoms with van der Waals surface area (Å²) in [6.45, 7) is 11.4. The molecular formula is C48H67N5O8Si. The van der Waals surface area contributed by atoms with E-state index >= 15 is 4.79 Å². The van der Waals surface area contributed by atoms with E-state index in [0.717, 1.165) is 33.4 Å². The van der Waals surface area contributed by atoms with Crippen LogP contribution >= 0.6 is 0 Å². The summed E-state index contributed by atoms with van der Waals surface area (Å²) in [6.07, 6.45) is 6.41. The molecule has 6 heterocycles. The lowest BCUT2D eigenvalue weighted by molar-refractivity contribution is -0.203. The maximum atomic E-state index is 15.4. The van der Waals surface area contributed by atoms with Crippen LogP contribution in [0, 0.1) is 11.3 Å². The summed E-state index contributed by atoms with van der Waals surface area (Å²) in [5.41, 5.74) is -1.42. The lowest BCUT2D eigenvalue weighted by atomic mass is 9.47. The molecule has 14 heteroatoms. The first-order valence-corrected chi connectivity index (χ1v) is 26.0. The van der Waals surface area contributed by atoms with Crippen LogP contribution in [0.5, 0.6) is 5.75 Å². The highest BCUT2D eigenvalue weighted by molar-refractivity contribution is 6.69. The standard InChI is InChI=1S/C48H67N5O8Si/c1-8-44(57)26-30-27-47(43(56)61-5,38-32(16-21-52(28-30)29-44)31-14-10-11-15-35(31)50-38)34-24-33-36(25-37(34)60-4)51(3)40-46(33)18-22-53-20-12-17-45(9-2,39(46)53)41(54)48(40,58)42(55)49-19-13-23-62(6,7)59/h10-12,14-15,17,24-25,30,39-41,50,54,57-59H,8-9,13,16,18-23,26-29H2,1-7H3,(H,49,55)/t30-,39+,40-,41-,44+,45-,46-,47+,48+/m1/s1. The number of fused-ring (bicyclic) bond motifs is 6. The van der Waals surface area contributed by atoms with E-state index in [-0.39, 0.29) is 18.5 Å². The quantitative estimate of drug-likeness (QED) is 0.0756. The van der Waals surface area contributed by atoms with Crippen LogP contribution in [-0.4, -0.2) is 145 Å². The van der Waals surface area contributed by atoms with Gasteiger partial charge < -0.3 is 44.8 Å². The van der Waals surface area contributed by atoms with Gasteiger partial charge in [-0.1, -0.05) is 44.2 Å². The summed E-state index contributed by atoms with van der Waals surface area (Å²) in [5.74, 6) is -0.670. The van der Waals surface area contributed by atoms with Crippen molar-refractivity contribution in [1.29, 1.82) is 0 Å². The minimum absolute atomic E-state index is 0.0902. The number of rotatable bonds is 10. The van der Waals surface area contributed by atoms with Crippen LogP contribution in [0.15, 0.2) is 48.6 Å². The third-order valence-corrected chi connectivity index (χ3v) is 18.0. The smallest absolute Gasteiger partial charge is 0.322 e. The third-order valence-electron chi connectivity index (χ3n) is 16.5. The number of anilines is 1. The van der Waals surface area contributed by atoms with E-state index < -0.39 is 59.8 Å². The van der Waals surface area contributed by atoms with Gasteiger partial charge in [0.05, 0.1) is 25.9 Å². The zero-order chi connectivity index (χ0) is 44.2. The van der Waals surface area contributed by atoms with E-state index in [9.17, 15) is 24.9 Å². The van der Waals surface area contributed by atoms with Gasteiger partial charge in [-0.15, -0.1) is 0 Å². The maximum Gasteiger partial charge on any atom is 0.322 e. The highest BCUT2D eigenvalue weighted by atomic mass is 28.4. The van der Waals surface area contributed by atoms with Crippen LogP contribution in [0.3, 0.4) is 0 Å². The zero-order valence-corrected chi connectivity index (χ0v) is 38.6. The molecule has 1 unspecified atom stereocenters. The van der Waals surface area contributed by atoms with E-state index in [1.165, 1.54) is 7.11 Å². The fourth-order valence-corrected chi connectivity index (χ4v) is 14.9. The first kappa shape index (κ1) is 43.5. The number of methoxy groups -OCH3 is 2. The largest absolute Gasteiger partial charge is 0.496 e.